The molecule has 0 heterocycles. The second kappa shape index (κ2) is 31.3. The number of aliphatic carboxylic acids is 1. The highest BCUT2D eigenvalue weighted by Crippen LogP contribution is 1.96. The van der Waals surface area contributed by atoms with Crippen LogP contribution in [0, 0.1) is 0 Å². The fraction of sp³-hybridized carbons (Fsp3) is 0.440. The number of rotatable bonds is 17. The van der Waals surface area contributed by atoms with Crippen molar-refractivity contribution in [2.75, 3.05) is 38.4 Å². The van der Waals surface area contributed by atoms with Gasteiger partial charge < -0.3 is 28.8 Å². The summed E-state index contributed by atoms with van der Waals surface area (Å²) in [4.78, 5) is 64.2. The number of esters is 5. The van der Waals surface area contributed by atoms with E-state index in [1.807, 2.05) is 0 Å². The minimum atomic E-state index is -1.06. The molecule has 0 atom stereocenters. The predicted octanol–water partition coefficient (Wildman–Crippen LogP) is 3.10. The molecule has 0 saturated heterocycles. The van der Waals surface area contributed by atoms with Gasteiger partial charge in [-0.2, -0.15) is 0 Å². The van der Waals surface area contributed by atoms with Crippen LogP contribution in [0.2, 0.25) is 0 Å². The Hall–Kier alpha value is -3.74. The molecular formula is C25H37BrO12. The van der Waals surface area contributed by atoms with Crippen LogP contribution in [0.15, 0.2) is 50.6 Å². The van der Waals surface area contributed by atoms with E-state index in [9.17, 15) is 28.8 Å². The summed E-state index contributed by atoms with van der Waals surface area (Å²) in [5.41, 5.74) is 0. The highest BCUT2D eigenvalue weighted by molar-refractivity contribution is 9.09. The number of allylic oxidation sites excluding steroid dienone is 1. The summed E-state index contributed by atoms with van der Waals surface area (Å²) in [6.07, 6.45) is 4.63. The SMILES string of the molecule is C.C=CC(=O)OCCOC(=O)CCC(=O)O.C=CCBr.C=CCOC(=O)CCC(=O)OCCOC(=O)C=C. The molecule has 0 amide bonds. The van der Waals surface area contributed by atoms with Crippen molar-refractivity contribution in [2.24, 2.45) is 0 Å². The first-order valence-electron chi connectivity index (χ1n) is 10.6. The zero-order valence-electron chi connectivity index (χ0n) is 20.5. The molecule has 1 N–H and O–H groups in total. The maximum absolute atomic E-state index is 11.1. The van der Waals surface area contributed by atoms with Gasteiger partial charge in [-0.1, -0.05) is 55.2 Å². The zero-order valence-corrected chi connectivity index (χ0v) is 22.1. The third-order valence-electron chi connectivity index (χ3n) is 3.06. The number of carboxylic acids is 1. The van der Waals surface area contributed by atoms with Crippen LogP contribution in [-0.4, -0.2) is 79.3 Å². The van der Waals surface area contributed by atoms with Crippen molar-refractivity contribution in [3.05, 3.63) is 50.6 Å². The maximum atomic E-state index is 11.1. The van der Waals surface area contributed by atoms with Crippen LogP contribution in [0.1, 0.15) is 33.1 Å². The Kier molecular flexibility index (Phi) is 34.1. The van der Waals surface area contributed by atoms with E-state index >= 15 is 0 Å². The van der Waals surface area contributed by atoms with Gasteiger partial charge in [-0.25, -0.2) is 9.59 Å². The molecule has 0 saturated carbocycles. The van der Waals surface area contributed by atoms with Crippen molar-refractivity contribution in [3.63, 3.8) is 0 Å². The summed E-state index contributed by atoms with van der Waals surface area (Å²) in [5.74, 6) is -3.93. The molecule has 0 aromatic carbocycles. The largest absolute Gasteiger partial charge is 0.481 e. The molecule has 0 unspecified atom stereocenters. The number of alkyl halides is 1. The molecule has 0 fully saturated rings. The van der Waals surface area contributed by atoms with Crippen LogP contribution in [0.5, 0.6) is 0 Å². The number of carboxylic acid groups (broad SMARTS) is 1. The Morgan fingerprint density at radius 2 is 0.947 bits per heavy atom. The van der Waals surface area contributed by atoms with Gasteiger partial charge in [0.25, 0.3) is 0 Å². The second-order valence-corrected chi connectivity index (χ2v) is 6.64. The van der Waals surface area contributed by atoms with Crippen molar-refractivity contribution >= 4 is 51.7 Å². The average Bonchev–Trinajstić information content (AvgIpc) is 2.89. The summed E-state index contributed by atoms with van der Waals surface area (Å²) in [7, 11) is 0. The van der Waals surface area contributed by atoms with Gasteiger partial charge in [0.1, 0.15) is 33.0 Å². The summed E-state index contributed by atoms with van der Waals surface area (Å²) < 4.78 is 23.1. The molecule has 216 valence electrons. The first kappa shape index (κ1) is 41.4. The molecule has 0 aliphatic rings. The molecule has 0 rings (SSSR count). The van der Waals surface area contributed by atoms with Crippen molar-refractivity contribution < 1.29 is 57.6 Å². The van der Waals surface area contributed by atoms with Crippen LogP contribution in [-0.2, 0) is 52.5 Å². The average molecular weight is 609 g/mol. The smallest absolute Gasteiger partial charge is 0.330 e. The van der Waals surface area contributed by atoms with E-state index in [0.29, 0.717) is 0 Å². The lowest BCUT2D eigenvalue weighted by molar-refractivity contribution is -0.152. The molecule has 0 aliphatic heterocycles. The second-order valence-electron chi connectivity index (χ2n) is 5.99. The molecule has 38 heavy (non-hydrogen) atoms. The third-order valence-corrected chi connectivity index (χ3v) is 3.52. The minimum absolute atomic E-state index is 0. The lowest BCUT2D eigenvalue weighted by Gasteiger charge is -2.05. The molecule has 0 aliphatic carbocycles. The molecule has 0 radical (unpaired) electrons. The van der Waals surface area contributed by atoms with Crippen molar-refractivity contribution in [1.29, 1.82) is 0 Å². The topological polar surface area (TPSA) is 169 Å². The van der Waals surface area contributed by atoms with Crippen LogP contribution in [0.25, 0.3) is 0 Å². The van der Waals surface area contributed by atoms with E-state index in [0.717, 1.165) is 17.5 Å². The monoisotopic (exact) mass is 608 g/mol. The van der Waals surface area contributed by atoms with Crippen LogP contribution in [0.4, 0.5) is 0 Å². The standard InChI is InChI=1S/C12H16O6.C9H12O6.C3H5Br.CH4/c1-3-7-16-11(14)5-6-12(15)18-9-8-17-10(13)4-2;1-2-8(12)14-5-6-15-9(13)4-3-7(10)11;1-2-3-4;/h3-4H,1-2,5-9H2;2H,1,3-6H2,(H,10,11);2H,1,3H2;1H4. The lowest BCUT2D eigenvalue weighted by Crippen LogP contribution is -2.14. The Morgan fingerprint density at radius 1 is 0.605 bits per heavy atom. The summed E-state index contributed by atoms with van der Waals surface area (Å²) in [6.45, 7) is 13.1. The molecule has 0 spiro atoms. The molecule has 12 nitrogen and oxygen atoms in total. The van der Waals surface area contributed by atoms with Gasteiger partial charge in [0, 0.05) is 17.5 Å². The quantitative estimate of drug-likeness (QED) is 0.0640. The van der Waals surface area contributed by atoms with E-state index in [2.05, 4.69) is 61.2 Å². The predicted molar refractivity (Wildman–Crippen MR) is 142 cm³/mol. The Labute approximate surface area is 231 Å². The van der Waals surface area contributed by atoms with Gasteiger partial charge in [-0.3, -0.25) is 19.2 Å². The van der Waals surface area contributed by atoms with Crippen LogP contribution in [0.3, 0.4) is 0 Å². The van der Waals surface area contributed by atoms with E-state index < -0.39 is 35.8 Å². The van der Waals surface area contributed by atoms with Crippen molar-refractivity contribution in [1.82, 2.24) is 0 Å². The number of carbonyl (C=O) groups is 6. The molecule has 0 bridgehead atoms. The first-order chi connectivity index (χ1) is 17.6. The number of ether oxygens (including phenoxy) is 5. The molecule has 0 aromatic rings. The fourth-order valence-electron chi connectivity index (χ4n) is 1.49. The molecule has 13 heteroatoms. The molecule has 0 aromatic heterocycles. The van der Waals surface area contributed by atoms with Gasteiger partial charge in [0.2, 0.25) is 0 Å². The summed E-state index contributed by atoms with van der Waals surface area (Å²) in [6, 6.07) is 0. The minimum Gasteiger partial charge on any atom is -0.481 e. The van der Waals surface area contributed by atoms with E-state index in [-0.39, 0.29) is 66.1 Å². The normalized spacial score (nSPS) is 8.55. The van der Waals surface area contributed by atoms with E-state index in [1.165, 1.54) is 6.08 Å². The lowest BCUT2D eigenvalue weighted by atomic mass is 10.3. The number of halogens is 1. The van der Waals surface area contributed by atoms with Gasteiger partial charge in [-0.15, -0.1) is 6.58 Å². The van der Waals surface area contributed by atoms with Crippen molar-refractivity contribution in [2.45, 2.75) is 33.1 Å². The Bertz CT molecular complexity index is 761. The Balaban J connectivity index is -0.000000263. The number of hydrogen-bond donors (Lipinski definition) is 1. The zero-order chi connectivity index (χ0) is 28.9. The summed E-state index contributed by atoms with van der Waals surface area (Å²) >= 11 is 3.13. The third kappa shape index (κ3) is 36.8. The van der Waals surface area contributed by atoms with E-state index in [4.69, 9.17) is 9.84 Å². The van der Waals surface area contributed by atoms with Crippen molar-refractivity contribution in [3.8, 4) is 0 Å². The highest BCUT2D eigenvalue weighted by atomic mass is 79.9. The number of hydrogen-bond acceptors (Lipinski definition) is 11. The fourth-order valence-corrected chi connectivity index (χ4v) is 1.49. The van der Waals surface area contributed by atoms with Gasteiger partial charge in [-0.05, 0) is 0 Å². The summed E-state index contributed by atoms with van der Waals surface area (Å²) in [5, 5.41) is 9.15. The first-order valence-corrected chi connectivity index (χ1v) is 11.7. The van der Waals surface area contributed by atoms with Gasteiger partial charge in [0.15, 0.2) is 0 Å². The Morgan fingerprint density at radius 3 is 1.26 bits per heavy atom. The van der Waals surface area contributed by atoms with Gasteiger partial charge >= 0.3 is 35.8 Å². The molecular weight excluding hydrogens is 572 g/mol. The van der Waals surface area contributed by atoms with E-state index in [1.54, 1.807) is 6.08 Å². The van der Waals surface area contributed by atoms with Crippen LogP contribution >= 0.6 is 15.9 Å². The highest BCUT2D eigenvalue weighted by Gasteiger charge is 2.09. The van der Waals surface area contributed by atoms with Crippen LogP contribution < -0.4 is 0 Å². The number of carbonyl (C=O) groups excluding carboxylic acids is 5. The van der Waals surface area contributed by atoms with Gasteiger partial charge in [0.05, 0.1) is 25.7 Å². The maximum Gasteiger partial charge on any atom is 0.330 e.